The molecule has 0 aromatic heterocycles. The summed E-state index contributed by atoms with van der Waals surface area (Å²) in [5, 5.41) is 8.81. The van der Waals surface area contributed by atoms with Gasteiger partial charge in [-0.05, 0) is 19.5 Å². The average molecular weight is 271 g/mol. The van der Waals surface area contributed by atoms with Gasteiger partial charge in [-0.15, -0.1) is 0 Å². The van der Waals surface area contributed by atoms with Crippen molar-refractivity contribution in [2.45, 2.75) is 6.42 Å². The Labute approximate surface area is 114 Å². The molecule has 0 unspecified atom stereocenters. The Bertz CT molecular complexity index is 288. The highest BCUT2D eigenvalue weighted by Gasteiger charge is 2.12. The van der Waals surface area contributed by atoms with Gasteiger partial charge in [-0.1, -0.05) is 0 Å². The molecule has 0 spiro atoms. The third kappa shape index (κ3) is 6.97. The molecule has 3 amide bonds. The van der Waals surface area contributed by atoms with Gasteiger partial charge >= 0.3 is 6.03 Å². The van der Waals surface area contributed by atoms with Crippen molar-refractivity contribution < 1.29 is 9.59 Å². The van der Waals surface area contributed by atoms with Crippen LogP contribution in [0.25, 0.3) is 0 Å². The van der Waals surface area contributed by atoms with E-state index < -0.39 is 0 Å². The highest BCUT2D eigenvalue weighted by molar-refractivity contribution is 5.78. The molecular weight excluding hydrogens is 246 g/mol. The van der Waals surface area contributed by atoms with Gasteiger partial charge in [-0.3, -0.25) is 9.69 Å². The lowest BCUT2D eigenvalue weighted by molar-refractivity contribution is -0.122. The first-order chi connectivity index (χ1) is 9.09. The van der Waals surface area contributed by atoms with Crippen molar-refractivity contribution in [2.75, 3.05) is 59.9 Å². The number of rotatable bonds is 5. The van der Waals surface area contributed by atoms with Crippen LogP contribution in [0.5, 0.6) is 0 Å². The van der Waals surface area contributed by atoms with Crippen molar-refractivity contribution in [3.05, 3.63) is 0 Å². The maximum Gasteiger partial charge on any atom is 0.316 e. The van der Waals surface area contributed by atoms with Crippen LogP contribution in [0, 0.1) is 0 Å². The van der Waals surface area contributed by atoms with Crippen molar-refractivity contribution in [2.24, 2.45) is 0 Å². The summed E-state index contributed by atoms with van der Waals surface area (Å²) >= 11 is 0. The summed E-state index contributed by atoms with van der Waals surface area (Å²) in [6, 6.07) is -0.146. The maximum absolute atomic E-state index is 11.7. The summed E-state index contributed by atoms with van der Waals surface area (Å²) in [5.41, 5.74) is 0. The molecule has 0 aromatic rings. The van der Waals surface area contributed by atoms with Crippen LogP contribution in [-0.4, -0.2) is 81.6 Å². The van der Waals surface area contributed by atoms with Crippen LogP contribution < -0.4 is 16.0 Å². The molecule has 1 heterocycles. The van der Waals surface area contributed by atoms with E-state index in [1.54, 1.807) is 14.1 Å². The standard InChI is InChI=1S/C12H25N5O2/c1-16(2)12(19)15-6-5-14-11(18)10-17-8-3-4-13-7-9-17/h13H,3-10H2,1-2H3,(H,14,18)(H,15,19). The highest BCUT2D eigenvalue weighted by Crippen LogP contribution is 1.94. The van der Waals surface area contributed by atoms with E-state index in [1.807, 2.05) is 0 Å². The molecular formula is C12H25N5O2. The zero-order valence-electron chi connectivity index (χ0n) is 11.9. The number of carbonyl (C=O) groups excluding carboxylic acids is 2. The summed E-state index contributed by atoms with van der Waals surface area (Å²) in [5.74, 6) is 0.0148. The molecule has 0 aliphatic carbocycles. The zero-order chi connectivity index (χ0) is 14.1. The van der Waals surface area contributed by atoms with Gasteiger partial charge in [0.2, 0.25) is 5.91 Å². The Morgan fingerprint density at radius 2 is 1.89 bits per heavy atom. The Balaban J connectivity index is 2.08. The zero-order valence-corrected chi connectivity index (χ0v) is 11.9. The minimum Gasteiger partial charge on any atom is -0.353 e. The predicted octanol–water partition coefficient (Wildman–Crippen LogP) is -1.33. The summed E-state index contributed by atoms with van der Waals surface area (Å²) in [6.07, 6.45) is 1.08. The number of hydrogen-bond acceptors (Lipinski definition) is 4. The number of hydrogen-bond donors (Lipinski definition) is 3. The molecule has 0 aromatic carbocycles. The molecule has 3 N–H and O–H groups in total. The fraction of sp³-hybridized carbons (Fsp3) is 0.833. The third-order valence-corrected chi connectivity index (χ3v) is 2.93. The van der Waals surface area contributed by atoms with Crippen molar-refractivity contribution in [1.82, 2.24) is 25.8 Å². The third-order valence-electron chi connectivity index (χ3n) is 2.93. The topological polar surface area (TPSA) is 76.7 Å². The SMILES string of the molecule is CN(C)C(=O)NCCNC(=O)CN1CCCNCC1. The summed E-state index contributed by atoms with van der Waals surface area (Å²) < 4.78 is 0. The van der Waals surface area contributed by atoms with Gasteiger partial charge in [0.1, 0.15) is 0 Å². The Morgan fingerprint density at radius 3 is 2.63 bits per heavy atom. The molecule has 110 valence electrons. The molecule has 19 heavy (non-hydrogen) atoms. The first-order valence-electron chi connectivity index (χ1n) is 6.74. The van der Waals surface area contributed by atoms with E-state index in [1.165, 1.54) is 4.90 Å². The van der Waals surface area contributed by atoms with Crippen LogP contribution in [0.15, 0.2) is 0 Å². The average Bonchev–Trinajstić information content (AvgIpc) is 2.62. The Kier molecular flexibility index (Phi) is 7.20. The van der Waals surface area contributed by atoms with E-state index in [9.17, 15) is 9.59 Å². The minimum absolute atomic E-state index is 0.0148. The van der Waals surface area contributed by atoms with Crippen LogP contribution in [0.4, 0.5) is 4.79 Å². The maximum atomic E-state index is 11.7. The van der Waals surface area contributed by atoms with Crippen LogP contribution in [0.3, 0.4) is 0 Å². The van der Waals surface area contributed by atoms with Crippen LogP contribution >= 0.6 is 0 Å². The molecule has 7 nitrogen and oxygen atoms in total. The van der Waals surface area contributed by atoms with Crippen molar-refractivity contribution in [3.8, 4) is 0 Å². The summed E-state index contributed by atoms with van der Waals surface area (Å²) in [7, 11) is 3.36. The second kappa shape index (κ2) is 8.71. The minimum atomic E-state index is -0.146. The quantitative estimate of drug-likeness (QED) is 0.542. The lowest BCUT2D eigenvalue weighted by Crippen LogP contribution is -2.43. The van der Waals surface area contributed by atoms with Gasteiger partial charge in [0.05, 0.1) is 6.54 Å². The van der Waals surface area contributed by atoms with Crippen LogP contribution in [-0.2, 0) is 4.79 Å². The van der Waals surface area contributed by atoms with Gasteiger partial charge in [0, 0.05) is 40.3 Å². The molecule has 0 bridgehead atoms. The fourth-order valence-corrected chi connectivity index (χ4v) is 1.85. The molecule has 1 aliphatic rings. The molecule has 7 heteroatoms. The normalized spacial score (nSPS) is 16.5. The van der Waals surface area contributed by atoms with Crippen molar-refractivity contribution >= 4 is 11.9 Å². The van der Waals surface area contributed by atoms with Gasteiger partial charge in [-0.25, -0.2) is 4.79 Å². The lowest BCUT2D eigenvalue weighted by Gasteiger charge is -2.18. The number of urea groups is 1. The molecule has 1 rings (SSSR count). The molecule has 0 atom stereocenters. The van der Waals surface area contributed by atoms with Gasteiger partial charge < -0.3 is 20.9 Å². The van der Waals surface area contributed by atoms with E-state index in [0.29, 0.717) is 19.6 Å². The predicted molar refractivity (Wildman–Crippen MR) is 74.0 cm³/mol. The number of nitrogens with zero attached hydrogens (tertiary/aromatic N) is 2. The fourth-order valence-electron chi connectivity index (χ4n) is 1.85. The Hall–Kier alpha value is -1.34. The second-order valence-corrected chi connectivity index (χ2v) is 4.86. The number of carbonyl (C=O) groups is 2. The van der Waals surface area contributed by atoms with Gasteiger partial charge in [-0.2, -0.15) is 0 Å². The van der Waals surface area contributed by atoms with Crippen molar-refractivity contribution in [3.63, 3.8) is 0 Å². The first kappa shape index (κ1) is 15.7. The Morgan fingerprint density at radius 1 is 1.16 bits per heavy atom. The lowest BCUT2D eigenvalue weighted by atomic mass is 10.4. The first-order valence-corrected chi connectivity index (χ1v) is 6.74. The van der Waals surface area contributed by atoms with Gasteiger partial charge in [0.15, 0.2) is 0 Å². The molecule has 1 saturated heterocycles. The highest BCUT2D eigenvalue weighted by atomic mass is 16.2. The van der Waals surface area contributed by atoms with E-state index in [2.05, 4.69) is 20.9 Å². The van der Waals surface area contributed by atoms with E-state index in [0.717, 1.165) is 32.6 Å². The smallest absolute Gasteiger partial charge is 0.316 e. The second-order valence-electron chi connectivity index (χ2n) is 4.86. The molecule has 1 aliphatic heterocycles. The van der Waals surface area contributed by atoms with Crippen LogP contribution in [0.2, 0.25) is 0 Å². The number of nitrogens with one attached hydrogen (secondary N) is 3. The van der Waals surface area contributed by atoms with Crippen molar-refractivity contribution in [1.29, 1.82) is 0 Å². The van der Waals surface area contributed by atoms with Crippen LogP contribution in [0.1, 0.15) is 6.42 Å². The molecule has 0 radical (unpaired) electrons. The summed E-state index contributed by atoms with van der Waals surface area (Å²) in [4.78, 5) is 26.5. The van der Waals surface area contributed by atoms with E-state index in [4.69, 9.17) is 0 Å². The largest absolute Gasteiger partial charge is 0.353 e. The molecule has 0 saturated carbocycles. The van der Waals surface area contributed by atoms with E-state index >= 15 is 0 Å². The van der Waals surface area contributed by atoms with E-state index in [-0.39, 0.29) is 11.9 Å². The van der Waals surface area contributed by atoms with Gasteiger partial charge in [0.25, 0.3) is 0 Å². The number of amides is 3. The molecule has 1 fully saturated rings. The summed E-state index contributed by atoms with van der Waals surface area (Å²) in [6.45, 7) is 5.17. The monoisotopic (exact) mass is 271 g/mol.